The summed E-state index contributed by atoms with van der Waals surface area (Å²) in [4.78, 5) is 17.5. The van der Waals surface area contributed by atoms with E-state index in [0.717, 1.165) is 24.8 Å². The Morgan fingerprint density at radius 3 is 1.93 bits per heavy atom. The number of piperidine rings is 3. The summed E-state index contributed by atoms with van der Waals surface area (Å²) in [7, 11) is 0. The number of benzene rings is 1. The van der Waals surface area contributed by atoms with Crippen molar-refractivity contribution in [3.63, 3.8) is 0 Å². The van der Waals surface area contributed by atoms with Gasteiger partial charge in [-0.2, -0.15) is 0 Å². The Labute approximate surface area is 279 Å². The van der Waals surface area contributed by atoms with Crippen LogP contribution in [0.5, 0.6) is 0 Å². The van der Waals surface area contributed by atoms with Crippen molar-refractivity contribution in [3.8, 4) is 0 Å². The number of nitrogens with one attached hydrogen (secondary N) is 2. The number of rotatable bonds is 6. The molecule has 2 N–H and O–H groups in total. The van der Waals surface area contributed by atoms with Gasteiger partial charge in [-0.15, -0.1) is 0 Å². The van der Waals surface area contributed by atoms with Crippen molar-refractivity contribution in [1.29, 1.82) is 0 Å². The molecule has 0 atom stereocenters. The van der Waals surface area contributed by atoms with Crippen molar-refractivity contribution in [2.45, 2.75) is 52.4 Å². The molecule has 6 fully saturated rings. The summed E-state index contributed by atoms with van der Waals surface area (Å²) in [5.74, 6) is 2.03. The third kappa shape index (κ3) is 8.62. The molecule has 0 aliphatic carbocycles. The normalized spacial score (nSPS) is 25.1. The molecule has 254 valence electrons. The fourth-order valence-electron chi connectivity index (χ4n) is 8.64. The molecule has 0 saturated carbocycles. The third-order valence-electron chi connectivity index (χ3n) is 11.7. The first-order valence-electron chi connectivity index (χ1n) is 18.7. The minimum atomic E-state index is 0.664. The smallest absolute Gasteiger partial charge is 0.128 e. The van der Waals surface area contributed by atoms with Crippen molar-refractivity contribution in [1.82, 2.24) is 30.3 Å². The van der Waals surface area contributed by atoms with Gasteiger partial charge in [0, 0.05) is 83.9 Å². The summed E-state index contributed by atoms with van der Waals surface area (Å²) in [6.07, 6.45) is 10.1. The van der Waals surface area contributed by atoms with Gasteiger partial charge < -0.3 is 25.3 Å². The summed E-state index contributed by atoms with van der Waals surface area (Å²) < 4.78 is 0. The second-order valence-corrected chi connectivity index (χ2v) is 14.8. The van der Waals surface area contributed by atoms with Crippen LogP contribution in [0.2, 0.25) is 0 Å². The lowest BCUT2D eigenvalue weighted by molar-refractivity contribution is -0.0541. The first-order valence-corrected chi connectivity index (χ1v) is 18.7. The molecule has 0 amide bonds. The van der Waals surface area contributed by atoms with E-state index in [4.69, 9.17) is 0 Å². The quantitative estimate of drug-likeness (QED) is 0.486. The zero-order chi connectivity index (χ0) is 31.7. The number of piperazine rings is 1. The highest BCUT2D eigenvalue weighted by atomic mass is 15.4. The molecule has 0 bridgehead atoms. The molecule has 8 heteroatoms. The lowest BCUT2D eigenvalue weighted by atomic mass is 9.72. The predicted molar refractivity (Wildman–Crippen MR) is 193 cm³/mol. The minimum Gasteiger partial charge on any atom is -0.369 e. The molecule has 0 radical (unpaired) electrons. The topological polar surface area (TPSA) is 53.2 Å². The number of hydrogen-bond donors (Lipinski definition) is 2. The van der Waals surface area contributed by atoms with Crippen LogP contribution in [0.4, 0.5) is 11.5 Å². The Hall–Kier alpha value is -2.23. The predicted octanol–water partition coefficient (Wildman–Crippen LogP) is 4.46. The van der Waals surface area contributed by atoms with E-state index < -0.39 is 0 Å². The van der Waals surface area contributed by atoms with Crippen LogP contribution in [-0.2, 0) is 0 Å². The average molecular weight is 631 g/mol. The van der Waals surface area contributed by atoms with Gasteiger partial charge in [-0.1, -0.05) is 38.1 Å². The molecular weight excluding hydrogens is 568 g/mol. The number of aromatic nitrogens is 1. The van der Waals surface area contributed by atoms with Crippen LogP contribution in [0.3, 0.4) is 0 Å². The highest BCUT2D eigenvalue weighted by molar-refractivity contribution is 5.46. The molecule has 8 rings (SSSR count). The fourth-order valence-corrected chi connectivity index (χ4v) is 8.64. The number of hydrogen-bond acceptors (Lipinski definition) is 8. The highest BCUT2D eigenvalue weighted by Crippen LogP contribution is 2.39. The van der Waals surface area contributed by atoms with E-state index in [1.807, 2.05) is 26.1 Å². The van der Waals surface area contributed by atoms with Crippen LogP contribution in [0.15, 0.2) is 54.7 Å². The van der Waals surface area contributed by atoms with Crippen molar-refractivity contribution in [2.24, 2.45) is 16.7 Å². The molecule has 2 aromatic rings. The summed E-state index contributed by atoms with van der Waals surface area (Å²) in [6, 6.07) is 17.1. The lowest BCUT2D eigenvalue weighted by Crippen LogP contribution is -2.63. The van der Waals surface area contributed by atoms with Gasteiger partial charge in [0.25, 0.3) is 0 Å². The largest absolute Gasteiger partial charge is 0.369 e. The fraction of sp³-hybridized carbons (Fsp3) is 0.711. The van der Waals surface area contributed by atoms with Gasteiger partial charge in [-0.25, -0.2) is 4.98 Å². The molecule has 6 aliphatic heterocycles. The molecule has 46 heavy (non-hydrogen) atoms. The van der Waals surface area contributed by atoms with Crippen molar-refractivity contribution < 1.29 is 0 Å². The Balaban J connectivity index is 0.000000153. The Morgan fingerprint density at radius 1 is 0.652 bits per heavy atom. The summed E-state index contributed by atoms with van der Waals surface area (Å²) in [5, 5.41) is 6.95. The van der Waals surface area contributed by atoms with Crippen LogP contribution >= 0.6 is 0 Å². The average Bonchev–Trinajstić information content (AvgIpc) is 3.10. The molecular formula is C38H62N8. The molecule has 8 nitrogen and oxygen atoms in total. The van der Waals surface area contributed by atoms with E-state index in [-0.39, 0.29) is 0 Å². The number of likely N-dealkylation sites (tertiary alicyclic amines) is 2. The number of anilines is 2. The maximum atomic E-state index is 4.48. The zero-order valence-corrected chi connectivity index (χ0v) is 29.0. The SMILES string of the molecule is CC.c1ccc(N2CCC(CN3CCC4(CC3)CNC4)CC2)nc1.c1ccc(N2CCN(CN3CC4(CCNCC4)C3)CC2)cc1. The number of nitrogens with zero attached hydrogens (tertiary/aromatic N) is 6. The number of para-hydroxylation sites is 1. The van der Waals surface area contributed by atoms with Crippen LogP contribution in [0, 0.1) is 16.7 Å². The second-order valence-electron chi connectivity index (χ2n) is 14.8. The monoisotopic (exact) mass is 631 g/mol. The molecule has 6 saturated heterocycles. The van der Waals surface area contributed by atoms with Gasteiger partial charge in [0.1, 0.15) is 5.82 Å². The van der Waals surface area contributed by atoms with E-state index in [2.05, 4.69) is 82.6 Å². The van der Waals surface area contributed by atoms with Gasteiger partial charge in [0.15, 0.2) is 0 Å². The third-order valence-corrected chi connectivity index (χ3v) is 11.7. The van der Waals surface area contributed by atoms with E-state index >= 15 is 0 Å². The molecule has 2 spiro atoms. The summed E-state index contributed by atoms with van der Waals surface area (Å²) >= 11 is 0. The van der Waals surface area contributed by atoms with E-state index in [1.165, 1.54) is 136 Å². The van der Waals surface area contributed by atoms with Crippen molar-refractivity contribution >= 4 is 11.5 Å². The van der Waals surface area contributed by atoms with Crippen LogP contribution < -0.4 is 20.4 Å². The van der Waals surface area contributed by atoms with Crippen LogP contribution in [0.1, 0.15) is 52.4 Å². The molecule has 1 aromatic carbocycles. The lowest BCUT2D eigenvalue weighted by Gasteiger charge is -2.54. The minimum absolute atomic E-state index is 0.664. The van der Waals surface area contributed by atoms with E-state index in [9.17, 15) is 0 Å². The first kappa shape index (κ1) is 33.7. The number of pyridine rings is 1. The maximum Gasteiger partial charge on any atom is 0.128 e. The van der Waals surface area contributed by atoms with Gasteiger partial charge in [-0.05, 0) is 106 Å². The van der Waals surface area contributed by atoms with Crippen LogP contribution in [0.25, 0.3) is 0 Å². The van der Waals surface area contributed by atoms with Crippen LogP contribution in [-0.4, -0.2) is 125 Å². The Bertz CT molecular complexity index is 1120. The van der Waals surface area contributed by atoms with Gasteiger partial charge in [0.05, 0.1) is 6.67 Å². The second kappa shape index (κ2) is 16.2. The first-order chi connectivity index (χ1) is 22.7. The molecule has 1 aromatic heterocycles. The van der Waals surface area contributed by atoms with Crippen molar-refractivity contribution in [2.75, 3.05) is 115 Å². The highest BCUT2D eigenvalue weighted by Gasteiger charge is 2.43. The standard InChI is InChI=1S/2C18H28N4.C2H6/c1-2-8-20-17(3-1)22-9-4-16(5-10-22)13-21-11-6-18(7-12-21)14-19-15-18;1-2-4-17(5-3-1)22-12-10-20(11-13-22)16-21-14-18(15-21)6-8-19-9-7-18;1-2/h1-3,8,16,19H,4-7,9-15H2;1-5,19H,6-16H2;1-2H3. The van der Waals surface area contributed by atoms with E-state index in [0.29, 0.717) is 10.8 Å². The summed E-state index contributed by atoms with van der Waals surface area (Å²) in [6.45, 7) is 23.8. The Kier molecular flexibility index (Phi) is 11.9. The molecule has 6 aliphatic rings. The van der Waals surface area contributed by atoms with Gasteiger partial charge in [0.2, 0.25) is 0 Å². The van der Waals surface area contributed by atoms with Gasteiger partial charge >= 0.3 is 0 Å². The van der Waals surface area contributed by atoms with E-state index in [1.54, 1.807) is 0 Å². The zero-order valence-electron chi connectivity index (χ0n) is 29.0. The van der Waals surface area contributed by atoms with Crippen molar-refractivity contribution in [3.05, 3.63) is 54.7 Å². The maximum absolute atomic E-state index is 4.48. The molecule has 7 heterocycles. The molecule has 0 unspecified atom stereocenters. The Morgan fingerprint density at radius 2 is 1.33 bits per heavy atom. The van der Waals surface area contributed by atoms with Gasteiger partial charge in [-0.3, -0.25) is 9.80 Å². The summed E-state index contributed by atoms with van der Waals surface area (Å²) in [5.41, 5.74) is 2.72.